The monoisotopic (exact) mass is 570 g/mol. The molecule has 0 atom stereocenters. The molecule has 0 aliphatic carbocycles. The Bertz CT molecular complexity index is 1290. The second-order valence-electron chi connectivity index (χ2n) is 10.0. The fourth-order valence-corrected chi connectivity index (χ4v) is 4.49. The Hall–Kier alpha value is -3.33. The van der Waals surface area contributed by atoms with E-state index in [1.807, 2.05) is 64.1 Å². The SMILES string of the molecule is Cc1oc(-c2ccc(Br)cc2)nc1COc1ccc(CCC(=O)O)c2c1CCN(C(=O)OC(C)(C)C)C2. The Kier molecular flexibility index (Phi) is 7.92. The first kappa shape index (κ1) is 26.7. The van der Waals surface area contributed by atoms with E-state index in [2.05, 4.69) is 20.9 Å². The summed E-state index contributed by atoms with van der Waals surface area (Å²) in [5, 5.41) is 9.21. The predicted octanol–water partition coefficient (Wildman–Crippen LogP) is 6.30. The Balaban J connectivity index is 1.55. The van der Waals surface area contributed by atoms with E-state index in [9.17, 15) is 14.7 Å². The largest absolute Gasteiger partial charge is 0.487 e. The van der Waals surface area contributed by atoms with Gasteiger partial charge in [-0.25, -0.2) is 9.78 Å². The van der Waals surface area contributed by atoms with E-state index in [4.69, 9.17) is 13.9 Å². The van der Waals surface area contributed by atoms with Crippen molar-refractivity contribution in [1.82, 2.24) is 9.88 Å². The van der Waals surface area contributed by atoms with Crippen LogP contribution >= 0.6 is 15.9 Å². The van der Waals surface area contributed by atoms with E-state index in [0.29, 0.717) is 49.0 Å². The number of halogens is 1. The molecule has 2 aromatic carbocycles. The Morgan fingerprint density at radius 3 is 2.54 bits per heavy atom. The van der Waals surface area contributed by atoms with Crippen LogP contribution in [0.3, 0.4) is 0 Å². The number of aliphatic carboxylic acids is 1. The maximum absolute atomic E-state index is 12.7. The predicted molar refractivity (Wildman–Crippen MR) is 141 cm³/mol. The van der Waals surface area contributed by atoms with Crippen LogP contribution in [0.1, 0.15) is 55.3 Å². The number of ether oxygens (including phenoxy) is 2. The molecule has 1 amide bonds. The van der Waals surface area contributed by atoms with Gasteiger partial charge in [-0.2, -0.15) is 0 Å². The molecule has 3 aromatic rings. The molecule has 37 heavy (non-hydrogen) atoms. The summed E-state index contributed by atoms with van der Waals surface area (Å²) in [5.41, 5.74) is 3.78. The summed E-state index contributed by atoms with van der Waals surface area (Å²) in [6.45, 7) is 8.41. The van der Waals surface area contributed by atoms with Gasteiger partial charge in [-0.05, 0) is 82.0 Å². The molecule has 1 aliphatic rings. The average Bonchev–Trinajstić information content (AvgIpc) is 3.20. The van der Waals surface area contributed by atoms with Crippen molar-refractivity contribution in [2.24, 2.45) is 0 Å². The first-order valence-corrected chi connectivity index (χ1v) is 13.0. The fourth-order valence-electron chi connectivity index (χ4n) is 4.23. The minimum atomic E-state index is -0.864. The van der Waals surface area contributed by atoms with Crippen molar-refractivity contribution < 1.29 is 28.6 Å². The highest BCUT2D eigenvalue weighted by Gasteiger charge is 2.29. The summed E-state index contributed by atoms with van der Waals surface area (Å²) >= 11 is 3.44. The highest BCUT2D eigenvalue weighted by molar-refractivity contribution is 9.10. The number of carbonyl (C=O) groups is 2. The minimum absolute atomic E-state index is 0.00997. The molecule has 8 nitrogen and oxygen atoms in total. The van der Waals surface area contributed by atoms with Gasteiger partial charge in [-0.3, -0.25) is 4.79 Å². The normalized spacial score (nSPS) is 13.3. The molecule has 0 bridgehead atoms. The molecule has 0 radical (unpaired) electrons. The zero-order valence-corrected chi connectivity index (χ0v) is 23.1. The van der Waals surface area contributed by atoms with Crippen molar-refractivity contribution in [2.75, 3.05) is 6.54 Å². The molecular weight excluding hydrogens is 540 g/mol. The third-order valence-corrected chi connectivity index (χ3v) is 6.60. The lowest BCUT2D eigenvalue weighted by Crippen LogP contribution is -2.40. The van der Waals surface area contributed by atoms with Crippen molar-refractivity contribution in [2.45, 2.75) is 65.7 Å². The molecule has 0 unspecified atom stereocenters. The Morgan fingerprint density at radius 1 is 1.14 bits per heavy atom. The number of aryl methyl sites for hydroxylation is 2. The summed E-state index contributed by atoms with van der Waals surface area (Å²) in [6.07, 6.45) is 0.578. The van der Waals surface area contributed by atoms with Gasteiger partial charge in [-0.15, -0.1) is 0 Å². The number of carboxylic acid groups (broad SMARTS) is 1. The van der Waals surface area contributed by atoms with E-state index in [-0.39, 0.29) is 19.1 Å². The Labute approximate surface area is 224 Å². The number of carboxylic acids is 1. The Morgan fingerprint density at radius 2 is 1.86 bits per heavy atom. The number of aromatic nitrogens is 1. The van der Waals surface area contributed by atoms with E-state index >= 15 is 0 Å². The number of benzene rings is 2. The molecule has 0 spiro atoms. The lowest BCUT2D eigenvalue weighted by molar-refractivity contribution is -0.136. The topological polar surface area (TPSA) is 102 Å². The lowest BCUT2D eigenvalue weighted by Gasteiger charge is -2.33. The zero-order valence-electron chi connectivity index (χ0n) is 21.5. The molecular formula is C28H31BrN2O6. The number of oxazole rings is 1. The van der Waals surface area contributed by atoms with Crippen LogP contribution in [-0.2, 0) is 35.5 Å². The number of fused-ring (bicyclic) bond motifs is 1. The van der Waals surface area contributed by atoms with Gasteiger partial charge in [0.15, 0.2) is 0 Å². The second-order valence-corrected chi connectivity index (χ2v) is 11.0. The number of nitrogens with zero attached hydrogens (tertiary/aromatic N) is 2. The molecule has 1 N–H and O–H groups in total. The molecule has 0 saturated carbocycles. The second kappa shape index (κ2) is 11.0. The number of hydrogen-bond donors (Lipinski definition) is 1. The van der Waals surface area contributed by atoms with Crippen LogP contribution < -0.4 is 4.74 Å². The van der Waals surface area contributed by atoms with Crippen LogP contribution in [0.5, 0.6) is 5.75 Å². The van der Waals surface area contributed by atoms with E-state index in [1.165, 1.54) is 0 Å². The number of hydrogen-bond acceptors (Lipinski definition) is 6. The van der Waals surface area contributed by atoms with Crippen molar-refractivity contribution in [3.05, 3.63) is 69.0 Å². The van der Waals surface area contributed by atoms with Gasteiger partial charge < -0.3 is 23.9 Å². The number of amides is 1. The molecule has 2 heterocycles. The molecule has 1 aliphatic heterocycles. The first-order valence-electron chi connectivity index (χ1n) is 12.2. The van der Waals surface area contributed by atoms with E-state index in [1.54, 1.807) is 4.90 Å². The van der Waals surface area contributed by atoms with Gasteiger partial charge in [0, 0.05) is 35.1 Å². The van der Waals surface area contributed by atoms with Crippen LogP contribution in [0.2, 0.25) is 0 Å². The summed E-state index contributed by atoms with van der Waals surface area (Å²) in [6, 6.07) is 11.5. The van der Waals surface area contributed by atoms with Crippen LogP contribution in [0.25, 0.3) is 11.5 Å². The fraction of sp³-hybridized carbons (Fsp3) is 0.393. The standard InChI is InChI=1S/C28H31BrN2O6/c1-17-23(30-26(36-17)19-5-9-20(29)10-6-19)16-35-24-11-7-18(8-12-25(32)33)22-15-31(14-13-21(22)24)27(34)37-28(2,3)4/h5-7,9-11H,8,12-16H2,1-4H3,(H,32,33). The molecule has 9 heteroatoms. The van der Waals surface area contributed by atoms with Crippen LogP contribution in [0.15, 0.2) is 45.3 Å². The summed E-state index contributed by atoms with van der Waals surface area (Å²) < 4.78 is 18.6. The van der Waals surface area contributed by atoms with Gasteiger partial charge >= 0.3 is 12.1 Å². The minimum Gasteiger partial charge on any atom is -0.487 e. The van der Waals surface area contributed by atoms with Gasteiger partial charge in [0.25, 0.3) is 0 Å². The van der Waals surface area contributed by atoms with Gasteiger partial charge in [0.2, 0.25) is 5.89 Å². The first-order chi connectivity index (χ1) is 17.5. The maximum Gasteiger partial charge on any atom is 0.410 e. The molecule has 1 aromatic heterocycles. The quantitative estimate of drug-likeness (QED) is 0.355. The van der Waals surface area contributed by atoms with E-state index < -0.39 is 11.6 Å². The van der Waals surface area contributed by atoms with Gasteiger partial charge in [0.05, 0.1) is 0 Å². The van der Waals surface area contributed by atoms with Crippen molar-refractivity contribution >= 4 is 28.0 Å². The van der Waals surface area contributed by atoms with Crippen LogP contribution in [-0.4, -0.2) is 39.2 Å². The van der Waals surface area contributed by atoms with Gasteiger partial charge in [-0.1, -0.05) is 22.0 Å². The number of carbonyl (C=O) groups excluding carboxylic acids is 1. The summed E-state index contributed by atoms with van der Waals surface area (Å²) in [5.74, 6) is 1.05. The van der Waals surface area contributed by atoms with Gasteiger partial charge in [0.1, 0.15) is 29.4 Å². The van der Waals surface area contributed by atoms with Crippen molar-refractivity contribution in [1.29, 1.82) is 0 Å². The third kappa shape index (κ3) is 6.71. The number of rotatable bonds is 7. The molecule has 4 rings (SSSR count). The van der Waals surface area contributed by atoms with Crippen LogP contribution in [0.4, 0.5) is 4.79 Å². The average molecular weight is 571 g/mol. The molecule has 196 valence electrons. The third-order valence-electron chi connectivity index (χ3n) is 6.07. The smallest absolute Gasteiger partial charge is 0.410 e. The maximum atomic E-state index is 12.7. The molecule has 0 saturated heterocycles. The van der Waals surface area contributed by atoms with E-state index in [0.717, 1.165) is 26.7 Å². The highest BCUT2D eigenvalue weighted by atomic mass is 79.9. The zero-order chi connectivity index (χ0) is 26.7. The van der Waals surface area contributed by atoms with Crippen molar-refractivity contribution in [3.63, 3.8) is 0 Å². The summed E-state index contributed by atoms with van der Waals surface area (Å²) in [4.78, 5) is 30.2. The van der Waals surface area contributed by atoms with Crippen molar-refractivity contribution in [3.8, 4) is 17.2 Å². The lowest BCUT2D eigenvalue weighted by atomic mass is 9.92. The summed E-state index contributed by atoms with van der Waals surface area (Å²) in [7, 11) is 0. The molecule has 0 fully saturated rings. The van der Waals surface area contributed by atoms with Crippen LogP contribution in [0, 0.1) is 6.92 Å². The highest BCUT2D eigenvalue weighted by Crippen LogP contribution is 2.33.